The average molecular weight is 421 g/mol. The van der Waals surface area contributed by atoms with Crippen LogP contribution in [0.2, 0.25) is 0 Å². The molecule has 0 radical (unpaired) electrons. The highest BCUT2D eigenvalue weighted by molar-refractivity contribution is 5.95. The van der Waals surface area contributed by atoms with Crippen LogP contribution >= 0.6 is 0 Å². The minimum absolute atomic E-state index is 0.0132. The van der Waals surface area contributed by atoms with E-state index in [4.69, 9.17) is 9.47 Å². The van der Waals surface area contributed by atoms with Gasteiger partial charge in [-0.1, -0.05) is 50.1 Å². The molecule has 1 aromatic heterocycles. The number of unbranched alkanes of at least 4 members (excludes halogenated alkanes) is 2. The fourth-order valence-corrected chi connectivity index (χ4v) is 3.64. The lowest BCUT2D eigenvalue weighted by atomic mass is 10.1. The average Bonchev–Trinajstić information content (AvgIpc) is 3.24. The van der Waals surface area contributed by atoms with E-state index in [1.807, 2.05) is 17.0 Å². The molecule has 0 unspecified atom stereocenters. The molecule has 1 amide bonds. The van der Waals surface area contributed by atoms with Gasteiger partial charge in [-0.25, -0.2) is 0 Å². The lowest BCUT2D eigenvalue weighted by molar-refractivity contribution is 0.0735. The summed E-state index contributed by atoms with van der Waals surface area (Å²) in [5, 5.41) is 0. The van der Waals surface area contributed by atoms with Gasteiger partial charge in [-0.3, -0.25) is 4.79 Å². The number of carbonyl (C=O) groups excluding carboxylic acids is 1. The van der Waals surface area contributed by atoms with Crippen molar-refractivity contribution in [3.8, 4) is 11.5 Å². The molecule has 31 heavy (non-hydrogen) atoms. The Kier molecular flexibility index (Phi) is 8.16. The number of hydrogen-bond acceptors (Lipinski definition) is 3. The zero-order chi connectivity index (χ0) is 22.1. The molecule has 0 aliphatic carbocycles. The first-order valence-electron chi connectivity index (χ1n) is 10.8. The largest absolute Gasteiger partial charge is 0.497 e. The number of ether oxygens (including phenoxy) is 2. The molecule has 5 heteroatoms. The van der Waals surface area contributed by atoms with E-state index in [-0.39, 0.29) is 5.91 Å². The van der Waals surface area contributed by atoms with E-state index < -0.39 is 0 Å². The van der Waals surface area contributed by atoms with Crippen LogP contribution in [-0.2, 0) is 13.1 Å². The molecule has 3 aromatic rings. The van der Waals surface area contributed by atoms with Crippen molar-refractivity contribution in [2.45, 2.75) is 39.3 Å². The molecule has 1 heterocycles. The van der Waals surface area contributed by atoms with Crippen LogP contribution < -0.4 is 9.47 Å². The lowest BCUT2D eigenvalue weighted by Crippen LogP contribution is -2.32. The fraction of sp³-hybridized carbons (Fsp3) is 0.346. The van der Waals surface area contributed by atoms with Gasteiger partial charge in [-0.15, -0.1) is 0 Å². The van der Waals surface area contributed by atoms with Crippen LogP contribution in [0.25, 0.3) is 0 Å². The molecule has 0 aliphatic heterocycles. The molecule has 0 atom stereocenters. The van der Waals surface area contributed by atoms with Crippen molar-refractivity contribution < 1.29 is 14.3 Å². The third kappa shape index (κ3) is 6.14. The number of benzene rings is 2. The van der Waals surface area contributed by atoms with Gasteiger partial charge >= 0.3 is 0 Å². The number of methoxy groups -OCH3 is 2. The minimum atomic E-state index is -0.0132. The van der Waals surface area contributed by atoms with Crippen LogP contribution in [0.4, 0.5) is 0 Å². The van der Waals surface area contributed by atoms with Crippen LogP contribution in [0.5, 0.6) is 11.5 Å². The number of hydrogen-bond donors (Lipinski definition) is 0. The Balaban J connectivity index is 1.83. The Morgan fingerprint density at radius 1 is 0.935 bits per heavy atom. The maximum atomic E-state index is 13.5. The molecule has 2 aromatic carbocycles. The molecule has 0 saturated carbocycles. The van der Waals surface area contributed by atoms with Gasteiger partial charge < -0.3 is 18.9 Å². The Morgan fingerprint density at radius 2 is 1.65 bits per heavy atom. The van der Waals surface area contributed by atoms with Gasteiger partial charge in [0.1, 0.15) is 11.5 Å². The van der Waals surface area contributed by atoms with Gasteiger partial charge in [0, 0.05) is 36.6 Å². The Morgan fingerprint density at radius 3 is 2.29 bits per heavy atom. The summed E-state index contributed by atoms with van der Waals surface area (Å²) in [5.41, 5.74) is 2.93. The third-order valence-electron chi connectivity index (χ3n) is 5.39. The van der Waals surface area contributed by atoms with E-state index in [1.54, 1.807) is 32.4 Å². The van der Waals surface area contributed by atoms with Crippen LogP contribution in [0.1, 0.15) is 47.8 Å². The van der Waals surface area contributed by atoms with E-state index >= 15 is 0 Å². The summed E-state index contributed by atoms with van der Waals surface area (Å²) >= 11 is 0. The summed E-state index contributed by atoms with van der Waals surface area (Å²) in [4.78, 5) is 15.4. The molecule has 0 aliphatic rings. The second kappa shape index (κ2) is 11.3. The number of rotatable bonds is 11. The smallest absolute Gasteiger partial charge is 0.254 e. The quantitative estimate of drug-likeness (QED) is 0.391. The van der Waals surface area contributed by atoms with Gasteiger partial charge in [-0.2, -0.15) is 0 Å². The Bertz CT molecular complexity index is 944. The molecular formula is C26H32N2O3. The van der Waals surface area contributed by atoms with E-state index in [1.165, 1.54) is 5.56 Å². The number of carbonyl (C=O) groups is 1. The third-order valence-corrected chi connectivity index (χ3v) is 5.39. The Labute approximate surface area is 185 Å². The van der Waals surface area contributed by atoms with Crippen molar-refractivity contribution in [1.29, 1.82) is 0 Å². The summed E-state index contributed by atoms with van der Waals surface area (Å²) in [5.74, 6) is 1.22. The molecule has 0 bridgehead atoms. The first-order chi connectivity index (χ1) is 15.1. The highest BCUT2D eigenvalue weighted by atomic mass is 16.5. The minimum Gasteiger partial charge on any atom is -0.497 e. The summed E-state index contributed by atoms with van der Waals surface area (Å²) in [7, 11) is 3.19. The molecule has 0 N–H and O–H groups in total. The maximum Gasteiger partial charge on any atom is 0.254 e. The molecule has 5 nitrogen and oxygen atoms in total. The first-order valence-corrected chi connectivity index (χ1v) is 10.8. The van der Waals surface area contributed by atoms with Gasteiger partial charge in [0.25, 0.3) is 5.91 Å². The van der Waals surface area contributed by atoms with Gasteiger partial charge in [-0.05, 0) is 36.2 Å². The van der Waals surface area contributed by atoms with E-state index in [9.17, 15) is 4.79 Å². The Hall–Kier alpha value is -3.21. The van der Waals surface area contributed by atoms with Crippen LogP contribution in [0, 0.1) is 0 Å². The topological polar surface area (TPSA) is 43.7 Å². The zero-order valence-corrected chi connectivity index (χ0v) is 18.7. The van der Waals surface area contributed by atoms with Crippen molar-refractivity contribution in [3.63, 3.8) is 0 Å². The number of aromatic nitrogens is 1. The predicted octanol–water partition coefficient (Wildman–Crippen LogP) is 5.39. The van der Waals surface area contributed by atoms with Crippen molar-refractivity contribution in [2.24, 2.45) is 0 Å². The van der Waals surface area contributed by atoms with Crippen molar-refractivity contribution >= 4 is 5.91 Å². The number of amides is 1. The number of nitrogens with zero attached hydrogens (tertiary/aromatic N) is 2. The normalized spacial score (nSPS) is 10.7. The summed E-state index contributed by atoms with van der Waals surface area (Å²) in [6, 6.07) is 19.8. The van der Waals surface area contributed by atoms with Crippen molar-refractivity contribution in [1.82, 2.24) is 9.47 Å². The maximum absolute atomic E-state index is 13.5. The van der Waals surface area contributed by atoms with Crippen LogP contribution in [0.15, 0.2) is 66.9 Å². The fourth-order valence-electron chi connectivity index (χ4n) is 3.64. The molecule has 0 fully saturated rings. The molecule has 0 spiro atoms. The van der Waals surface area contributed by atoms with Gasteiger partial charge in [0.15, 0.2) is 0 Å². The molecule has 164 valence electrons. The van der Waals surface area contributed by atoms with Crippen LogP contribution in [0.3, 0.4) is 0 Å². The highest BCUT2D eigenvalue weighted by Gasteiger charge is 2.19. The van der Waals surface area contributed by atoms with Crippen LogP contribution in [-0.4, -0.2) is 36.1 Å². The second-order valence-corrected chi connectivity index (χ2v) is 7.65. The predicted molar refractivity (Wildman–Crippen MR) is 124 cm³/mol. The summed E-state index contributed by atoms with van der Waals surface area (Å²) in [6.07, 6.45) is 5.25. The summed E-state index contributed by atoms with van der Waals surface area (Å²) < 4.78 is 12.9. The molecular weight excluding hydrogens is 388 g/mol. The monoisotopic (exact) mass is 420 g/mol. The summed E-state index contributed by atoms with van der Waals surface area (Å²) in [6.45, 7) is 4.22. The van der Waals surface area contributed by atoms with E-state index in [2.05, 4.69) is 48.0 Å². The second-order valence-electron chi connectivity index (χ2n) is 7.65. The van der Waals surface area contributed by atoms with E-state index in [0.717, 1.165) is 31.5 Å². The van der Waals surface area contributed by atoms with Crippen molar-refractivity contribution in [3.05, 3.63) is 83.7 Å². The van der Waals surface area contributed by atoms with E-state index in [0.29, 0.717) is 30.2 Å². The zero-order valence-electron chi connectivity index (χ0n) is 18.7. The lowest BCUT2D eigenvalue weighted by Gasteiger charge is -2.24. The first kappa shape index (κ1) is 22.5. The van der Waals surface area contributed by atoms with Gasteiger partial charge in [0.05, 0.1) is 20.8 Å². The SMILES string of the molecule is CCCCCN(Cc1cccn1Cc1ccccc1)C(=O)c1cc(OC)cc(OC)c1. The van der Waals surface area contributed by atoms with Crippen molar-refractivity contribution in [2.75, 3.05) is 20.8 Å². The highest BCUT2D eigenvalue weighted by Crippen LogP contribution is 2.24. The molecule has 3 rings (SSSR count). The molecule has 0 saturated heterocycles. The standard InChI is InChI=1S/C26H32N2O3/c1-4-5-9-14-28(26(29)22-16-24(30-2)18-25(17-22)31-3)20-23-13-10-15-27(23)19-21-11-7-6-8-12-21/h6-8,10-13,15-18H,4-5,9,14,19-20H2,1-3H3. The van der Waals surface area contributed by atoms with Gasteiger partial charge in [0.2, 0.25) is 0 Å².